The van der Waals surface area contributed by atoms with Gasteiger partial charge in [0.05, 0.1) is 0 Å². The first-order valence-corrected chi connectivity index (χ1v) is 6.37. The summed E-state index contributed by atoms with van der Waals surface area (Å²) in [5.74, 6) is 0. The van der Waals surface area contributed by atoms with E-state index in [1.165, 1.54) is 19.3 Å². The summed E-state index contributed by atoms with van der Waals surface area (Å²) >= 11 is 5.10. The van der Waals surface area contributed by atoms with Gasteiger partial charge in [-0.1, -0.05) is 38.0 Å². The molecule has 0 unspecified atom stereocenters. The van der Waals surface area contributed by atoms with Crippen LogP contribution in [-0.2, 0) is 0 Å². The van der Waals surface area contributed by atoms with E-state index >= 15 is 0 Å². The minimum atomic E-state index is 0.517. The Kier molecular flexibility index (Phi) is 6.98. The van der Waals surface area contributed by atoms with Crippen molar-refractivity contribution >= 4 is 29.2 Å². The van der Waals surface area contributed by atoms with E-state index in [9.17, 15) is 0 Å². The Balaban J connectivity index is 2.17. The molecule has 0 amide bonds. The molecule has 0 saturated carbocycles. The lowest BCUT2D eigenvalue weighted by Gasteiger charge is -2.05. The third-order valence-corrected chi connectivity index (χ3v) is 2.42. The van der Waals surface area contributed by atoms with Crippen LogP contribution < -0.4 is 10.7 Å². The number of hydrazone groups is 1. The van der Waals surface area contributed by atoms with E-state index < -0.39 is 0 Å². The summed E-state index contributed by atoms with van der Waals surface area (Å²) in [4.78, 5) is 0. The van der Waals surface area contributed by atoms with Crippen molar-refractivity contribution in [1.82, 2.24) is 5.43 Å². The molecule has 0 fully saturated rings. The van der Waals surface area contributed by atoms with Crippen LogP contribution >= 0.6 is 12.2 Å². The van der Waals surface area contributed by atoms with E-state index in [2.05, 4.69) is 22.8 Å². The van der Waals surface area contributed by atoms with Crippen molar-refractivity contribution in [2.75, 3.05) is 5.32 Å². The van der Waals surface area contributed by atoms with Crippen molar-refractivity contribution < 1.29 is 0 Å². The lowest BCUT2D eigenvalue weighted by Crippen LogP contribution is -2.23. The predicted molar refractivity (Wildman–Crippen MR) is 78.4 cm³/mol. The van der Waals surface area contributed by atoms with E-state index in [4.69, 9.17) is 12.2 Å². The number of hydrogen-bond acceptors (Lipinski definition) is 2. The monoisotopic (exact) mass is 249 g/mol. The Morgan fingerprint density at radius 2 is 2.06 bits per heavy atom. The van der Waals surface area contributed by atoms with E-state index in [-0.39, 0.29) is 0 Å². The summed E-state index contributed by atoms with van der Waals surface area (Å²) in [5, 5.41) is 7.63. The molecular formula is C13H19N3S. The molecule has 2 N–H and O–H groups in total. The topological polar surface area (TPSA) is 36.4 Å². The van der Waals surface area contributed by atoms with E-state index in [1.54, 1.807) is 0 Å². The van der Waals surface area contributed by atoms with Gasteiger partial charge in [-0.2, -0.15) is 5.10 Å². The molecule has 0 aliphatic rings. The van der Waals surface area contributed by atoms with Gasteiger partial charge in [-0.05, 0) is 37.2 Å². The molecule has 1 rings (SSSR count). The standard InChI is InChI=1S/C13H19N3S/c1-2-3-4-8-11-14-16-13(17)15-12-9-6-5-7-10-12/h5-7,9-11H,2-4,8H2,1H3,(H2,15,16,17)/b14-11+. The molecule has 92 valence electrons. The minimum Gasteiger partial charge on any atom is -0.331 e. The van der Waals surface area contributed by atoms with Crippen LogP contribution in [0.4, 0.5) is 5.69 Å². The highest BCUT2D eigenvalue weighted by Gasteiger charge is 1.93. The summed E-state index contributed by atoms with van der Waals surface area (Å²) in [6.07, 6.45) is 6.53. The van der Waals surface area contributed by atoms with Crippen LogP contribution in [0, 0.1) is 0 Å². The molecular weight excluding hydrogens is 230 g/mol. The number of thiocarbonyl (C=S) groups is 1. The molecule has 0 saturated heterocycles. The molecule has 0 spiro atoms. The Labute approximate surface area is 108 Å². The van der Waals surface area contributed by atoms with Gasteiger partial charge in [0, 0.05) is 11.9 Å². The van der Waals surface area contributed by atoms with Crippen molar-refractivity contribution in [2.24, 2.45) is 5.10 Å². The quantitative estimate of drug-likeness (QED) is 0.350. The van der Waals surface area contributed by atoms with Crippen LogP contribution in [0.5, 0.6) is 0 Å². The average Bonchev–Trinajstić information content (AvgIpc) is 2.35. The van der Waals surface area contributed by atoms with Gasteiger partial charge in [-0.3, -0.25) is 5.43 Å². The smallest absolute Gasteiger partial charge is 0.191 e. The fraction of sp³-hybridized carbons (Fsp3) is 0.385. The summed E-state index contributed by atoms with van der Waals surface area (Å²) in [6.45, 7) is 2.19. The highest BCUT2D eigenvalue weighted by Crippen LogP contribution is 2.04. The average molecular weight is 249 g/mol. The summed E-state index contributed by atoms with van der Waals surface area (Å²) in [7, 11) is 0. The maximum Gasteiger partial charge on any atom is 0.191 e. The first-order chi connectivity index (χ1) is 8.33. The fourth-order valence-corrected chi connectivity index (χ4v) is 1.51. The minimum absolute atomic E-state index is 0.517. The first-order valence-electron chi connectivity index (χ1n) is 5.96. The molecule has 0 heterocycles. The lowest BCUT2D eigenvalue weighted by atomic mass is 10.2. The molecule has 1 aromatic rings. The molecule has 0 atom stereocenters. The highest BCUT2D eigenvalue weighted by molar-refractivity contribution is 7.80. The highest BCUT2D eigenvalue weighted by atomic mass is 32.1. The number of rotatable bonds is 6. The maximum absolute atomic E-state index is 5.10. The largest absolute Gasteiger partial charge is 0.331 e. The van der Waals surface area contributed by atoms with Gasteiger partial charge in [0.25, 0.3) is 0 Å². The van der Waals surface area contributed by atoms with Crippen LogP contribution in [0.1, 0.15) is 32.6 Å². The number of hydrogen-bond donors (Lipinski definition) is 2. The molecule has 0 aliphatic heterocycles. The van der Waals surface area contributed by atoms with Crippen molar-refractivity contribution in [2.45, 2.75) is 32.6 Å². The second-order valence-corrected chi connectivity index (χ2v) is 4.15. The van der Waals surface area contributed by atoms with Gasteiger partial charge in [-0.25, -0.2) is 0 Å². The van der Waals surface area contributed by atoms with E-state index in [0.29, 0.717) is 5.11 Å². The van der Waals surface area contributed by atoms with Crippen LogP contribution in [0.15, 0.2) is 35.4 Å². The number of para-hydroxylation sites is 1. The Morgan fingerprint density at radius 3 is 2.76 bits per heavy atom. The summed E-state index contributed by atoms with van der Waals surface area (Å²) in [6, 6.07) is 9.79. The lowest BCUT2D eigenvalue weighted by molar-refractivity contribution is 0.744. The SMILES string of the molecule is CCCCC/C=N/NC(=S)Nc1ccccc1. The fourth-order valence-electron chi connectivity index (χ4n) is 1.33. The van der Waals surface area contributed by atoms with Crippen molar-refractivity contribution in [1.29, 1.82) is 0 Å². The predicted octanol–water partition coefficient (Wildman–Crippen LogP) is 3.54. The zero-order chi connectivity index (χ0) is 12.3. The van der Waals surface area contributed by atoms with Gasteiger partial charge >= 0.3 is 0 Å². The Morgan fingerprint density at radius 1 is 1.29 bits per heavy atom. The zero-order valence-corrected chi connectivity index (χ0v) is 11.0. The number of benzene rings is 1. The van der Waals surface area contributed by atoms with Crippen LogP contribution in [0.25, 0.3) is 0 Å². The molecule has 4 heteroatoms. The Bertz CT molecular complexity index is 349. The van der Waals surface area contributed by atoms with E-state index in [1.807, 2.05) is 36.5 Å². The van der Waals surface area contributed by atoms with Gasteiger partial charge in [0.2, 0.25) is 0 Å². The molecule has 0 aliphatic carbocycles. The van der Waals surface area contributed by atoms with Crippen LogP contribution in [0.3, 0.4) is 0 Å². The number of unbranched alkanes of at least 4 members (excludes halogenated alkanes) is 3. The molecule has 0 radical (unpaired) electrons. The van der Waals surface area contributed by atoms with Gasteiger partial charge in [-0.15, -0.1) is 0 Å². The summed E-state index contributed by atoms with van der Waals surface area (Å²) in [5.41, 5.74) is 3.76. The molecule has 0 aromatic heterocycles. The first kappa shape index (κ1) is 13.6. The third-order valence-electron chi connectivity index (χ3n) is 2.23. The van der Waals surface area contributed by atoms with Crippen molar-refractivity contribution in [3.8, 4) is 0 Å². The zero-order valence-electron chi connectivity index (χ0n) is 10.1. The van der Waals surface area contributed by atoms with Gasteiger partial charge < -0.3 is 5.32 Å². The number of nitrogens with zero attached hydrogens (tertiary/aromatic N) is 1. The molecule has 1 aromatic carbocycles. The van der Waals surface area contributed by atoms with Crippen molar-refractivity contribution in [3.63, 3.8) is 0 Å². The molecule has 17 heavy (non-hydrogen) atoms. The third kappa shape index (κ3) is 6.68. The second-order valence-electron chi connectivity index (χ2n) is 3.74. The number of anilines is 1. The van der Waals surface area contributed by atoms with Crippen LogP contribution in [0.2, 0.25) is 0 Å². The molecule has 3 nitrogen and oxygen atoms in total. The van der Waals surface area contributed by atoms with E-state index in [0.717, 1.165) is 12.1 Å². The number of nitrogens with one attached hydrogen (secondary N) is 2. The van der Waals surface area contributed by atoms with Gasteiger partial charge in [0.1, 0.15) is 0 Å². The normalized spacial score (nSPS) is 10.4. The second kappa shape index (κ2) is 8.70. The van der Waals surface area contributed by atoms with Crippen molar-refractivity contribution in [3.05, 3.63) is 30.3 Å². The van der Waals surface area contributed by atoms with Crippen LogP contribution in [-0.4, -0.2) is 11.3 Å². The Hall–Kier alpha value is -1.42. The molecule has 0 bridgehead atoms. The summed E-state index contributed by atoms with van der Waals surface area (Å²) < 4.78 is 0. The maximum atomic E-state index is 5.10. The van der Waals surface area contributed by atoms with Gasteiger partial charge in [0.15, 0.2) is 5.11 Å².